The first kappa shape index (κ1) is 20.2. The van der Waals surface area contributed by atoms with Crippen LogP contribution in [0.3, 0.4) is 0 Å². The maximum Gasteiger partial charge on any atom is 0.305 e. The van der Waals surface area contributed by atoms with E-state index in [9.17, 15) is 9.90 Å². The average molecular weight is 354 g/mol. The van der Waals surface area contributed by atoms with Gasteiger partial charge >= 0.3 is 5.97 Å². The van der Waals surface area contributed by atoms with Crippen LogP contribution in [0.1, 0.15) is 56.3 Å². The Morgan fingerprint density at radius 3 is 2.31 bits per heavy atom. The van der Waals surface area contributed by atoms with Crippen molar-refractivity contribution in [2.75, 3.05) is 6.61 Å². The van der Waals surface area contributed by atoms with Crippen molar-refractivity contribution in [1.29, 1.82) is 0 Å². The summed E-state index contributed by atoms with van der Waals surface area (Å²) < 4.78 is 5.27. The summed E-state index contributed by atoms with van der Waals surface area (Å²) in [6.07, 6.45) is 4.95. The van der Waals surface area contributed by atoms with Gasteiger partial charge < -0.3 is 9.84 Å². The second-order valence-corrected chi connectivity index (χ2v) is 6.85. The van der Waals surface area contributed by atoms with E-state index < -0.39 is 6.10 Å². The molecule has 0 fully saturated rings. The van der Waals surface area contributed by atoms with Gasteiger partial charge in [-0.15, -0.1) is 0 Å². The van der Waals surface area contributed by atoms with E-state index in [1.54, 1.807) is 0 Å². The lowest BCUT2D eigenvalue weighted by molar-refractivity contribution is -0.147. The van der Waals surface area contributed by atoms with Crippen LogP contribution in [0.5, 0.6) is 0 Å². The highest BCUT2D eigenvalue weighted by atomic mass is 16.5. The van der Waals surface area contributed by atoms with Crippen LogP contribution in [-0.4, -0.2) is 17.7 Å². The average Bonchev–Trinajstić information content (AvgIpc) is 2.69. The van der Waals surface area contributed by atoms with Gasteiger partial charge in [-0.05, 0) is 29.9 Å². The summed E-state index contributed by atoms with van der Waals surface area (Å²) in [4.78, 5) is 12.1. The number of unbranched alkanes of at least 4 members (excludes halogenated alkanes) is 1. The number of hydrogen-bond donors (Lipinski definition) is 1. The number of carbonyl (C=O) groups excluding carboxylic acids is 1. The highest BCUT2D eigenvalue weighted by Gasteiger charge is 2.15. The van der Waals surface area contributed by atoms with Crippen molar-refractivity contribution in [3.8, 4) is 0 Å². The summed E-state index contributed by atoms with van der Waals surface area (Å²) in [7, 11) is 0. The summed E-state index contributed by atoms with van der Waals surface area (Å²) in [6, 6.07) is 19.7. The molecule has 1 N–H and O–H groups in total. The molecule has 2 aromatic rings. The van der Waals surface area contributed by atoms with E-state index in [2.05, 4.69) is 31.2 Å². The van der Waals surface area contributed by atoms with E-state index >= 15 is 0 Å². The first-order valence-corrected chi connectivity index (χ1v) is 9.61. The number of ether oxygens (including phenoxy) is 1. The zero-order valence-corrected chi connectivity index (χ0v) is 15.6. The molecule has 0 amide bonds. The van der Waals surface area contributed by atoms with Gasteiger partial charge in [0.2, 0.25) is 0 Å². The normalized spacial score (nSPS) is 13.2. The van der Waals surface area contributed by atoms with Crippen molar-refractivity contribution in [1.82, 2.24) is 0 Å². The Bertz CT molecular complexity index is 624. The molecular formula is C23H30O3. The van der Waals surface area contributed by atoms with Gasteiger partial charge in [0.1, 0.15) is 12.7 Å². The molecule has 0 aliphatic carbocycles. The van der Waals surface area contributed by atoms with Gasteiger partial charge in [-0.3, -0.25) is 4.79 Å². The zero-order chi connectivity index (χ0) is 18.6. The number of carbonyl (C=O) groups is 1. The fourth-order valence-electron chi connectivity index (χ4n) is 3.13. The van der Waals surface area contributed by atoms with Crippen LogP contribution in [0.4, 0.5) is 0 Å². The molecule has 0 saturated carbocycles. The largest absolute Gasteiger partial charge is 0.463 e. The third kappa shape index (κ3) is 7.40. The van der Waals surface area contributed by atoms with Crippen LogP contribution in [0.2, 0.25) is 0 Å². The Balaban J connectivity index is 1.76. The minimum atomic E-state index is -0.764. The van der Waals surface area contributed by atoms with E-state index in [4.69, 9.17) is 4.74 Å². The number of aliphatic hydroxyl groups is 1. The highest BCUT2D eigenvalue weighted by molar-refractivity contribution is 5.69. The predicted octanol–water partition coefficient (Wildman–Crippen LogP) is 5.09. The Morgan fingerprint density at radius 1 is 1.00 bits per heavy atom. The van der Waals surface area contributed by atoms with Crippen molar-refractivity contribution in [3.05, 3.63) is 71.8 Å². The van der Waals surface area contributed by atoms with Gasteiger partial charge in [0.05, 0.1) is 0 Å². The maximum absolute atomic E-state index is 12.1. The third-order valence-electron chi connectivity index (χ3n) is 4.68. The molecule has 0 aliphatic rings. The number of benzene rings is 2. The molecule has 0 heterocycles. The lowest BCUT2D eigenvalue weighted by Crippen LogP contribution is -2.14. The molecule has 2 aromatic carbocycles. The van der Waals surface area contributed by atoms with E-state index in [0.29, 0.717) is 12.3 Å². The summed E-state index contributed by atoms with van der Waals surface area (Å²) in [5.41, 5.74) is 2.09. The van der Waals surface area contributed by atoms with Gasteiger partial charge in [0.25, 0.3) is 0 Å². The minimum absolute atomic E-state index is 0.0150. The molecule has 140 valence electrons. The smallest absolute Gasteiger partial charge is 0.305 e. The van der Waals surface area contributed by atoms with Crippen LogP contribution < -0.4 is 0 Å². The van der Waals surface area contributed by atoms with Crippen molar-refractivity contribution in [2.45, 2.75) is 51.6 Å². The number of hydrogen-bond acceptors (Lipinski definition) is 3. The van der Waals surface area contributed by atoms with E-state index in [1.807, 2.05) is 36.4 Å². The highest BCUT2D eigenvalue weighted by Crippen LogP contribution is 2.21. The lowest BCUT2D eigenvalue weighted by atomic mass is 9.90. The Labute approximate surface area is 157 Å². The van der Waals surface area contributed by atoms with Gasteiger partial charge in [-0.2, -0.15) is 0 Å². The van der Waals surface area contributed by atoms with Crippen LogP contribution in [0, 0.1) is 5.92 Å². The first-order chi connectivity index (χ1) is 12.7. The Morgan fingerprint density at radius 2 is 1.65 bits per heavy atom. The van der Waals surface area contributed by atoms with E-state index in [1.165, 1.54) is 18.4 Å². The fourth-order valence-corrected chi connectivity index (χ4v) is 3.13. The molecule has 0 bridgehead atoms. The Hall–Kier alpha value is -2.13. The molecule has 2 rings (SSSR count). The maximum atomic E-state index is 12.1. The van der Waals surface area contributed by atoms with Crippen LogP contribution in [0.15, 0.2) is 60.7 Å². The lowest BCUT2D eigenvalue weighted by Gasteiger charge is -2.17. The summed E-state index contributed by atoms with van der Waals surface area (Å²) >= 11 is 0. The molecule has 2 unspecified atom stereocenters. The number of aliphatic hydroxyl groups excluding tert-OH is 1. The van der Waals surface area contributed by atoms with Crippen LogP contribution >= 0.6 is 0 Å². The quantitative estimate of drug-likeness (QED) is 0.572. The van der Waals surface area contributed by atoms with Crippen molar-refractivity contribution in [2.24, 2.45) is 5.92 Å². The first-order valence-electron chi connectivity index (χ1n) is 9.61. The molecule has 0 aromatic heterocycles. The standard InChI is InChI=1S/C23H30O3/c1-2-3-10-20(17-19-11-6-4-7-12-19)15-16-23(25)26-18-22(24)21-13-8-5-9-14-21/h4-9,11-14,20,22,24H,2-3,10,15-18H2,1H3. The third-order valence-corrected chi connectivity index (χ3v) is 4.68. The van der Waals surface area contributed by atoms with Crippen LogP contribution in [-0.2, 0) is 16.0 Å². The fraction of sp³-hybridized carbons (Fsp3) is 0.435. The summed E-state index contributed by atoms with van der Waals surface area (Å²) in [5, 5.41) is 10.1. The monoisotopic (exact) mass is 354 g/mol. The number of rotatable bonds is 11. The topological polar surface area (TPSA) is 46.5 Å². The van der Waals surface area contributed by atoms with Crippen LogP contribution in [0.25, 0.3) is 0 Å². The number of esters is 1. The molecule has 0 aliphatic heterocycles. The minimum Gasteiger partial charge on any atom is -0.463 e. The van der Waals surface area contributed by atoms with Gasteiger partial charge in [0.15, 0.2) is 0 Å². The summed E-state index contributed by atoms with van der Waals surface area (Å²) in [6.45, 7) is 2.21. The zero-order valence-electron chi connectivity index (χ0n) is 15.6. The van der Waals surface area contributed by atoms with Crippen molar-refractivity contribution in [3.63, 3.8) is 0 Å². The second-order valence-electron chi connectivity index (χ2n) is 6.85. The Kier molecular flexibility index (Phi) is 8.91. The summed E-state index contributed by atoms with van der Waals surface area (Å²) in [5.74, 6) is 0.262. The van der Waals surface area contributed by atoms with Gasteiger partial charge in [-0.1, -0.05) is 86.8 Å². The second kappa shape index (κ2) is 11.5. The van der Waals surface area contributed by atoms with E-state index in [0.717, 1.165) is 24.8 Å². The molecule has 26 heavy (non-hydrogen) atoms. The predicted molar refractivity (Wildman–Crippen MR) is 105 cm³/mol. The SMILES string of the molecule is CCCCC(CCC(=O)OCC(O)c1ccccc1)Cc1ccccc1. The molecule has 0 radical (unpaired) electrons. The molecule has 0 spiro atoms. The molecule has 2 atom stereocenters. The van der Waals surface area contributed by atoms with Gasteiger partial charge in [0, 0.05) is 6.42 Å². The molecule has 3 nitrogen and oxygen atoms in total. The van der Waals surface area contributed by atoms with Crippen molar-refractivity contribution < 1.29 is 14.6 Å². The van der Waals surface area contributed by atoms with E-state index in [-0.39, 0.29) is 12.6 Å². The van der Waals surface area contributed by atoms with Crippen molar-refractivity contribution >= 4 is 5.97 Å². The molecule has 3 heteroatoms. The molecular weight excluding hydrogens is 324 g/mol. The molecule has 0 saturated heterocycles. The van der Waals surface area contributed by atoms with Gasteiger partial charge in [-0.25, -0.2) is 0 Å².